The zero-order valence-electron chi connectivity index (χ0n) is 10.2. The number of likely N-dealkylation sites (tertiary alicyclic amines) is 1. The van der Waals surface area contributed by atoms with Gasteiger partial charge in [-0.2, -0.15) is 0 Å². The van der Waals surface area contributed by atoms with Crippen molar-refractivity contribution >= 4 is 11.7 Å². The van der Waals surface area contributed by atoms with E-state index < -0.39 is 0 Å². The fourth-order valence-corrected chi connectivity index (χ4v) is 1.89. The summed E-state index contributed by atoms with van der Waals surface area (Å²) in [5.74, 6) is 0.337. The molecule has 0 radical (unpaired) electrons. The molecule has 0 saturated carbocycles. The number of carbonyl (C=O) groups excluding carboxylic acids is 2. The molecule has 1 amide bonds. The second kappa shape index (κ2) is 6.63. The summed E-state index contributed by atoms with van der Waals surface area (Å²) in [5, 5.41) is 0. The van der Waals surface area contributed by atoms with E-state index in [9.17, 15) is 9.59 Å². The summed E-state index contributed by atoms with van der Waals surface area (Å²) in [6.07, 6.45) is 2.24. The second-order valence-corrected chi connectivity index (χ2v) is 4.21. The van der Waals surface area contributed by atoms with Crippen LogP contribution < -0.4 is 0 Å². The van der Waals surface area contributed by atoms with Crippen molar-refractivity contribution in [2.75, 3.05) is 26.3 Å². The highest BCUT2D eigenvalue weighted by molar-refractivity contribution is 5.85. The molecule has 1 fully saturated rings. The Morgan fingerprint density at radius 1 is 1.50 bits per heavy atom. The molecule has 1 heterocycles. The van der Waals surface area contributed by atoms with E-state index in [0.29, 0.717) is 31.9 Å². The van der Waals surface area contributed by atoms with Crippen LogP contribution in [0.2, 0.25) is 0 Å². The molecule has 0 spiro atoms. The molecular formula is C12H21NO3. The number of ketones is 1. The molecule has 1 aliphatic heterocycles. The highest BCUT2D eigenvalue weighted by Gasteiger charge is 2.28. The number of hydrogen-bond acceptors (Lipinski definition) is 3. The summed E-state index contributed by atoms with van der Waals surface area (Å²) in [6.45, 7) is 5.91. The minimum atomic E-state index is 0.0133. The Balaban J connectivity index is 2.36. The molecular weight excluding hydrogens is 206 g/mol. The molecule has 0 aliphatic carbocycles. The van der Waals surface area contributed by atoms with Crippen molar-refractivity contribution < 1.29 is 14.3 Å². The summed E-state index contributed by atoms with van der Waals surface area (Å²) in [6, 6.07) is 0. The largest absolute Gasteiger partial charge is 0.372 e. The average Bonchev–Trinajstić information content (AvgIpc) is 2.30. The smallest absolute Gasteiger partial charge is 0.248 e. The molecule has 1 saturated heterocycles. The van der Waals surface area contributed by atoms with Crippen LogP contribution in [0.4, 0.5) is 0 Å². The Kier molecular flexibility index (Phi) is 5.46. The number of nitrogens with zero attached hydrogens (tertiary/aromatic N) is 1. The van der Waals surface area contributed by atoms with Crippen LogP contribution in [0, 0.1) is 5.92 Å². The predicted octanol–water partition coefficient (Wildman–Crippen LogP) is 1.24. The van der Waals surface area contributed by atoms with Gasteiger partial charge in [0, 0.05) is 32.0 Å². The van der Waals surface area contributed by atoms with Crippen LogP contribution >= 0.6 is 0 Å². The Bertz CT molecular complexity index is 253. The fraction of sp³-hybridized carbons (Fsp3) is 0.833. The monoisotopic (exact) mass is 227 g/mol. The van der Waals surface area contributed by atoms with Crippen LogP contribution in [0.1, 0.15) is 33.1 Å². The van der Waals surface area contributed by atoms with E-state index in [1.54, 1.807) is 4.90 Å². The highest BCUT2D eigenvalue weighted by atomic mass is 16.5. The third kappa shape index (κ3) is 3.59. The molecule has 0 N–H and O–H groups in total. The number of ether oxygens (including phenoxy) is 1. The summed E-state index contributed by atoms with van der Waals surface area (Å²) < 4.78 is 5.22. The van der Waals surface area contributed by atoms with E-state index in [2.05, 4.69) is 0 Å². The van der Waals surface area contributed by atoms with E-state index in [0.717, 1.165) is 12.8 Å². The number of Topliss-reactive ketones (excluding diaryl/α,β-unsaturated/α-hetero) is 1. The number of hydrogen-bond donors (Lipinski definition) is 0. The molecule has 1 aliphatic rings. The lowest BCUT2D eigenvalue weighted by Crippen LogP contribution is -2.45. The van der Waals surface area contributed by atoms with E-state index in [1.165, 1.54) is 0 Å². The first-order valence-corrected chi connectivity index (χ1v) is 6.07. The summed E-state index contributed by atoms with van der Waals surface area (Å²) in [4.78, 5) is 25.0. The van der Waals surface area contributed by atoms with Gasteiger partial charge in [-0.15, -0.1) is 0 Å². The van der Waals surface area contributed by atoms with Gasteiger partial charge in [0.05, 0.1) is 0 Å². The van der Waals surface area contributed by atoms with Crippen LogP contribution in [0.3, 0.4) is 0 Å². The maximum atomic E-state index is 11.7. The highest BCUT2D eigenvalue weighted by Crippen LogP contribution is 2.16. The van der Waals surface area contributed by atoms with Crippen molar-refractivity contribution in [1.29, 1.82) is 0 Å². The fourth-order valence-electron chi connectivity index (χ4n) is 1.89. The second-order valence-electron chi connectivity index (χ2n) is 4.21. The van der Waals surface area contributed by atoms with Crippen LogP contribution in [0.25, 0.3) is 0 Å². The summed E-state index contributed by atoms with van der Waals surface area (Å²) in [5.41, 5.74) is 0. The van der Waals surface area contributed by atoms with Crippen molar-refractivity contribution in [3.05, 3.63) is 0 Å². The number of rotatable bonds is 5. The Labute approximate surface area is 96.9 Å². The molecule has 0 aromatic heterocycles. The molecule has 4 heteroatoms. The predicted molar refractivity (Wildman–Crippen MR) is 61.1 cm³/mol. The first-order chi connectivity index (χ1) is 7.69. The van der Waals surface area contributed by atoms with Crippen LogP contribution in [-0.4, -0.2) is 42.9 Å². The van der Waals surface area contributed by atoms with Gasteiger partial charge in [-0.05, 0) is 12.8 Å². The molecule has 4 nitrogen and oxygen atoms in total. The Hall–Kier alpha value is -0.900. The van der Waals surface area contributed by atoms with Crippen LogP contribution in [-0.2, 0) is 14.3 Å². The van der Waals surface area contributed by atoms with Gasteiger partial charge in [0.2, 0.25) is 5.91 Å². The maximum absolute atomic E-state index is 11.7. The average molecular weight is 227 g/mol. The lowest BCUT2D eigenvalue weighted by atomic mass is 9.94. The summed E-state index contributed by atoms with van der Waals surface area (Å²) >= 11 is 0. The molecule has 92 valence electrons. The van der Waals surface area contributed by atoms with Crippen molar-refractivity contribution in [1.82, 2.24) is 4.90 Å². The molecule has 0 aromatic carbocycles. The van der Waals surface area contributed by atoms with Gasteiger partial charge < -0.3 is 9.64 Å². The van der Waals surface area contributed by atoms with E-state index in [1.807, 2.05) is 13.8 Å². The Morgan fingerprint density at radius 2 is 2.25 bits per heavy atom. The van der Waals surface area contributed by atoms with Crippen molar-refractivity contribution in [2.24, 2.45) is 5.92 Å². The zero-order chi connectivity index (χ0) is 12.0. The van der Waals surface area contributed by atoms with Gasteiger partial charge in [-0.3, -0.25) is 9.59 Å². The lowest BCUT2D eigenvalue weighted by Gasteiger charge is -2.31. The molecule has 1 atom stereocenters. The molecule has 0 aromatic rings. The van der Waals surface area contributed by atoms with E-state index in [4.69, 9.17) is 4.74 Å². The van der Waals surface area contributed by atoms with Crippen LogP contribution in [0.15, 0.2) is 0 Å². The van der Waals surface area contributed by atoms with Crippen molar-refractivity contribution in [3.63, 3.8) is 0 Å². The first-order valence-electron chi connectivity index (χ1n) is 6.07. The minimum Gasteiger partial charge on any atom is -0.372 e. The van der Waals surface area contributed by atoms with Gasteiger partial charge in [-0.1, -0.05) is 13.8 Å². The van der Waals surface area contributed by atoms with Crippen molar-refractivity contribution in [3.8, 4) is 0 Å². The standard InChI is InChI=1S/C12H21NO3/c1-3-7-16-9-12(15)13-6-5-11(14)10(4-2)8-13/h10H,3-9H2,1-2H3. The van der Waals surface area contributed by atoms with Gasteiger partial charge in [0.25, 0.3) is 0 Å². The number of piperidine rings is 1. The van der Waals surface area contributed by atoms with Gasteiger partial charge >= 0.3 is 0 Å². The van der Waals surface area contributed by atoms with Gasteiger partial charge in [-0.25, -0.2) is 0 Å². The maximum Gasteiger partial charge on any atom is 0.248 e. The van der Waals surface area contributed by atoms with Crippen molar-refractivity contribution in [2.45, 2.75) is 33.1 Å². The minimum absolute atomic E-state index is 0.0133. The number of amides is 1. The molecule has 1 unspecified atom stereocenters. The molecule has 0 bridgehead atoms. The normalized spacial score (nSPS) is 21.2. The topological polar surface area (TPSA) is 46.6 Å². The lowest BCUT2D eigenvalue weighted by molar-refractivity contribution is -0.141. The van der Waals surface area contributed by atoms with Gasteiger partial charge in [0.1, 0.15) is 12.4 Å². The first kappa shape index (κ1) is 13.2. The third-order valence-electron chi connectivity index (χ3n) is 2.94. The van der Waals surface area contributed by atoms with Crippen LogP contribution in [0.5, 0.6) is 0 Å². The zero-order valence-corrected chi connectivity index (χ0v) is 10.2. The quantitative estimate of drug-likeness (QED) is 0.664. The SMILES string of the molecule is CCCOCC(=O)N1CCC(=O)C(CC)C1. The summed E-state index contributed by atoms with van der Waals surface area (Å²) in [7, 11) is 0. The van der Waals surface area contributed by atoms with Gasteiger partial charge in [0.15, 0.2) is 0 Å². The number of carbonyl (C=O) groups is 2. The molecule has 1 rings (SSSR count). The Morgan fingerprint density at radius 3 is 2.88 bits per heavy atom. The van der Waals surface area contributed by atoms with E-state index >= 15 is 0 Å². The third-order valence-corrected chi connectivity index (χ3v) is 2.94. The molecule has 16 heavy (non-hydrogen) atoms. The van der Waals surface area contributed by atoms with E-state index in [-0.39, 0.29) is 18.4 Å².